The molecule has 0 fully saturated rings. The summed E-state index contributed by atoms with van der Waals surface area (Å²) in [4.78, 5) is 27.4. The summed E-state index contributed by atoms with van der Waals surface area (Å²) < 4.78 is 52.5. The van der Waals surface area contributed by atoms with E-state index in [1.165, 1.54) is 11.0 Å². The Morgan fingerprint density at radius 3 is 2.28 bits per heavy atom. The number of amides is 2. The number of hydrogen-bond donors (Lipinski definition) is 1. The molecule has 0 saturated carbocycles. The van der Waals surface area contributed by atoms with Crippen LogP contribution in [0.15, 0.2) is 42.5 Å². The molecule has 1 atom stereocenters. The van der Waals surface area contributed by atoms with Crippen LogP contribution in [0.2, 0.25) is 0 Å². The van der Waals surface area contributed by atoms with E-state index in [1.54, 1.807) is 6.92 Å². The van der Waals surface area contributed by atoms with E-state index in [2.05, 4.69) is 5.32 Å². The fourth-order valence-electron chi connectivity index (χ4n) is 3.65. The maximum Gasteiger partial charge on any atom is 0.242 e. The van der Waals surface area contributed by atoms with Crippen molar-refractivity contribution >= 4 is 27.5 Å². The van der Waals surface area contributed by atoms with Crippen molar-refractivity contribution in [2.75, 3.05) is 23.7 Å². The van der Waals surface area contributed by atoms with E-state index in [1.807, 2.05) is 38.1 Å². The topological polar surface area (TPSA) is 86.8 Å². The SMILES string of the molecule is CCCCNC(=O)[C@H](C)N(Cc1ccc(C)cc1)C(=O)CCCN(c1ccc(F)c(F)c1)S(C)(=O)=O. The normalized spacial score (nSPS) is 12.2. The fraction of sp³-hybridized carbons (Fsp3) is 0.462. The minimum atomic E-state index is -3.81. The number of halogens is 2. The molecule has 198 valence electrons. The number of nitrogens with zero attached hydrogens (tertiary/aromatic N) is 2. The third-order valence-corrected chi connectivity index (χ3v) is 7.01. The summed E-state index contributed by atoms with van der Waals surface area (Å²) in [6.45, 7) is 6.27. The van der Waals surface area contributed by atoms with Gasteiger partial charge in [0.25, 0.3) is 0 Å². The molecule has 0 aliphatic rings. The first-order chi connectivity index (χ1) is 16.9. The molecule has 0 unspecified atom stereocenters. The second-order valence-corrected chi connectivity index (χ2v) is 10.8. The van der Waals surface area contributed by atoms with Crippen LogP contribution in [0.25, 0.3) is 0 Å². The Morgan fingerprint density at radius 1 is 1.03 bits per heavy atom. The van der Waals surface area contributed by atoms with Crippen LogP contribution in [0.1, 0.15) is 50.7 Å². The standard InChI is InChI=1S/C26H35F2N3O4S/c1-5-6-15-29-26(33)20(3)30(18-21-11-9-19(2)10-12-21)25(32)8-7-16-31(36(4,34)35)22-13-14-23(27)24(28)17-22/h9-14,17,20H,5-8,15-16,18H2,1-4H3,(H,29,33)/t20-/m0/s1. The van der Waals surface area contributed by atoms with E-state index in [0.717, 1.165) is 46.7 Å². The minimum Gasteiger partial charge on any atom is -0.354 e. The summed E-state index contributed by atoms with van der Waals surface area (Å²) >= 11 is 0. The van der Waals surface area contributed by atoms with E-state index in [4.69, 9.17) is 0 Å². The number of rotatable bonds is 13. The Hall–Kier alpha value is -3.01. The van der Waals surface area contributed by atoms with Gasteiger partial charge in [-0.3, -0.25) is 13.9 Å². The molecule has 0 bridgehead atoms. The largest absolute Gasteiger partial charge is 0.354 e. The molecule has 36 heavy (non-hydrogen) atoms. The van der Waals surface area contributed by atoms with Crippen molar-refractivity contribution in [1.82, 2.24) is 10.2 Å². The zero-order valence-electron chi connectivity index (χ0n) is 21.3. The lowest BCUT2D eigenvalue weighted by Crippen LogP contribution is -2.48. The molecule has 2 amide bonds. The smallest absolute Gasteiger partial charge is 0.242 e. The number of sulfonamides is 1. The first-order valence-electron chi connectivity index (χ1n) is 12.0. The van der Waals surface area contributed by atoms with Crippen LogP contribution in [0.3, 0.4) is 0 Å². The molecule has 2 aromatic rings. The zero-order chi connectivity index (χ0) is 26.9. The summed E-state index contributed by atoms with van der Waals surface area (Å²) in [5.41, 5.74) is 1.91. The maximum atomic E-state index is 13.7. The quantitative estimate of drug-likeness (QED) is 0.400. The minimum absolute atomic E-state index is 0.0240. The average molecular weight is 524 g/mol. The van der Waals surface area contributed by atoms with Crippen LogP contribution in [-0.2, 0) is 26.2 Å². The number of carbonyl (C=O) groups excluding carboxylic acids is 2. The van der Waals surface area contributed by atoms with Gasteiger partial charge in [0, 0.05) is 32.1 Å². The lowest BCUT2D eigenvalue weighted by Gasteiger charge is -2.29. The van der Waals surface area contributed by atoms with Crippen molar-refractivity contribution in [2.45, 2.75) is 59.0 Å². The van der Waals surface area contributed by atoms with Crippen LogP contribution < -0.4 is 9.62 Å². The highest BCUT2D eigenvalue weighted by Gasteiger charge is 2.26. The molecule has 0 aliphatic carbocycles. The van der Waals surface area contributed by atoms with Crippen molar-refractivity contribution < 1.29 is 26.8 Å². The number of aryl methyl sites for hydroxylation is 1. The molecule has 2 aromatic carbocycles. The van der Waals surface area contributed by atoms with E-state index in [0.29, 0.717) is 6.54 Å². The second kappa shape index (κ2) is 13.3. The molecular formula is C26H35F2N3O4S. The van der Waals surface area contributed by atoms with Crippen LogP contribution in [0.5, 0.6) is 0 Å². The summed E-state index contributed by atoms with van der Waals surface area (Å²) in [6, 6.07) is 9.75. The Kier molecular flexibility index (Phi) is 10.8. The van der Waals surface area contributed by atoms with Gasteiger partial charge in [0.2, 0.25) is 21.8 Å². The Labute approximate surface area is 212 Å². The third kappa shape index (κ3) is 8.58. The van der Waals surface area contributed by atoms with E-state index >= 15 is 0 Å². The summed E-state index contributed by atoms with van der Waals surface area (Å²) in [7, 11) is -3.81. The zero-order valence-corrected chi connectivity index (χ0v) is 22.1. The van der Waals surface area contributed by atoms with Crippen molar-refractivity contribution in [3.8, 4) is 0 Å². The predicted molar refractivity (Wildman–Crippen MR) is 137 cm³/mol. The second-order valence-electron chi connectivity index (χ2n) is 8.86. The third-order valence-electron chi connectivity index (χ3n) is 5.81. The van der Waals surface area contributed by atoms with Gasteiger partial charge in [0.05, 0.1) is 11.9 Å². The van der Waals surface area contributed by atoms with E-state index in [-0.39, 0.29) is 43.4 Å². The number of benzene rings is 2. The number of hydrogen-bond acceptors (Lipinski definition) is 4. The highest BCUT2D eigenvalue weighted by Crippen LogP contribution is 2.21. The van der Waals surface area contributed by atoms with Gasteiger partial charge in [-0.2, -0.15) is 0 Å². The van der Waals surface area contributed by atoms with Crippen molar-refractivity contribution in [1.29, 1.82) is 0 Å². The monoisotopic (exact) mass is 523 g/mol. The lowest BCUT2D eigenvalue weighted by atomic mass is 10.1. The van der Waals surface area contributed by atoms with Crippen LogP contribution >= 0.6 is 0 Å². The van der Waals surface area contributed by atoms with Crippen LogP contribution in [-0.4, -0.2) is 50.5 Å². The maximum absolute atomic E-state index is 13.7. The van der Waals surface area contributed by atoms with Gasteiger partial charge in [-0.15, -0.1) is 0 Å². The number of unbranched alkanes of at least 4 members (excludes halogenated alkanes) is 1. The highest BCUT2D eigenvalue weighted by atomic mass is 32.2. The predicted octanol–water partition coefficient (Wildman–Crippen LogP) is 4.15. The first kappa shape index (κ1) is 29.2. The van der Waals surface area contributed by atoms with E-state index in [9.17, 15) is 26.8 Å². The molecular weight excluding hydrogens is 488 g/mol. The summed E-state index contributed by atoms with van der Waals surface area (Å²) in [5.74, 6) is -2.82. The Balaban J connectivity index is 2.15. The molecule has 2 rings (SSSR count). The van der Waals surface area contributed by atoms with Gasteiger partial charge in [-0.05, 0) is 44.4 Å². The van der Waals surface area contributed by atoms with Gasteiger partial charge in [-0.25, -0.2) is 17.2 Å². The van der Waals surface area contributed by atoms with Crippen molar-refractivity contribution in [3.63, 3.8) is 0 Å². The van der Waals surface area contributed by atoms with Gasteiger partial charge in [-0.1, -0.05) is 43.2 Å². The molecule has 0 spiro atoms. The summed E-state index contributed by atoms with van der Waals surface area (Å²) in [6.07, 6.45) is 2.81. The van der Waals surface area contributed by atoms with Gasteiger partial charge >= 0.3 is 0 Å². The molecule has 0 aromatic heterocycles. The molecule has 7 nitrogen and oxygen atoms in total. The summed E-state index contributed by atoms with van der Waals surface area (Å²) in [5, 5.41) is 2.85. The molecule has 0 heterocycles. The molecule has 1 N–H and O–H groups in total. The molecule has 0 aliphatic heterocycles. The molecule has 0 radical (unpaired) electrons. The average Bonchev–Trinajstić information content (AvgIpc) is 2.82. The number of nitrogens with one attached hydrogen (secondary N) is 1. The molecule has 0 saturated heterocycles. The lowest BCUT2D eigenvalue weighted by molar-refractivity contribution is -0.140. The fourth-order valence-corrected chi connectivity index (χ4v) is 4.61. The first-order valence-corrected chi connectivity index (χ1v) is 13.8. The van der Waals surface area contributed by atoms with Crippen LogP contribution in [0.4, 0.5) is 14.5 Å². The van der Waals surface area contributed by atoms with Crippen molar-refractivity contribution in [3.05, 3.63) is 65.2 Å². The van der Waals surface area contributed by atoms with Crippen LogP contribution in [0, 0.1) is 18.6 Å². The number of anilines is 1. The Bertz CT molecular complexity index is 1140. The highest BCUT2D eigenvalue weighted by molar-refractivity contribution is 7.92. The Morgan fingerprint density at radius 2 is 1.69 bits per heavy atom. The van der Waals surface area contributed by atoms with Gasteiger partial charge in [0.1, 0.15) is 6.04 Å². The number of carbonyl (C=O) groups is 2. The van der Waals surface area contributed by atoms with Crippen molar-refractivity contribution in [2.24, 2.45) is 0 Å². The van der Waals surface area contributed by atoms with Gasteiger partial charge in [0.15, 0.2) is 11.6 Å². The molecule has 10 heteroatoms. The van der Waals surface area contributed by atoms with E-state index < -0.39 is 27.7 Å². The van der Waals surface area contributed by atoms with Gasteiger partial charge < -0.3 is 10.2 Å².